The molecule has 112 valence electrons. The number of hydrogen-bond donors (Lipinski definition) is 2. The van der Waals surface area contributed by atoms with Crippen molar-refractivity contribution in [2.75, 3.05) is 13.1 Å². The van der Waals surface area contributed by atoms with Gasteiger partial charge in [-0.3, -0.25) is 0 Å². The quantitative estimate of drug-likeness (QED) is 0.866. The number of benzene rings is 1. The lowest BCUT2D eigenvalue weighted by molar-refractivity contribution is 0.0605. The van der Waals surface area contributed by atoms with Crippen molar-refractivity contribution in [3.63, 3.8) is 0 Å². The molecule has 5 nitrogen and oxygen atoms in total. The van der Waals surface area contributed by atoms with Crippen LogP contribution in [-0.2, 0) is 16.6 Å². The largest absolute Gasteiger partial charge is 0.391 e. The Morgan fingerprint density at radius 3 is 2.70 bits per heavy atom. The molecule has 6 heteroatoms. The van der Waals surface area contributed by atoms with Gasteiger partial charge in [-0.15, -0.1) is 0 Å². The van der Waals surface area contributed by atoms with Gasteiger partial charge in [-0.05, 0) is 42.5 Å². The van der Waals surface area contributed by atoms with E-state index in [1.165, 1.54) is 4.31 Å². The third kappa shape index (κ3) is 2.88. The van der Waals surface area contributed by atoms with Crippen LogP contribution in [0, 0.1) is 12.8 Å². The van der Waals surface area contributed by atoms with E-state index in [0.717, 1.165) is 11.1 Å². The van der Waals surface area contributed by atoms with Gasteiger partial charge in [-0.1, -0.05) is 13.0 Å². The Kier molecular flexibility index (Phi) is 4.49. The van der Waals surface area contributed by atoms with Crippen LogP contribution >= 0.6 is 0 Å². The molecule has 3 N–H and O–H groups in total. The highest BCUT2D eigenvalue weighted by atomic mass is 32.2. The van der Waals surface area contributed by atoms with Crippen LogP contribution in [0.15, 0.2) is 23.1 Å². The van der Waals surface area contributed by atoms with Crippen molar-refractivity contribution >= 4 is 10.0 Å². The van der Waals surface area contributed by atoms with Gasteiger partial charge in [0, 0.05) is 19.6 Å². The van der Waals surface area contributed by atoms with Gasteiger partial charge in [0.2, 0.25) is 10.0 Å². The number of aliphatic hydroxyl groups is 1. The van der Waals surface area contributed by atoms with E-state index in [2.05, 4.69) is 0 Å². The van der Waals surface area contributed by atoms with Crippen LogP contribution < -0.4 is 5.73 Å². The van der Waals surface area contributed by atoms with Gasteiger partial charge in [-0.25, -0.2) is 8.42 Å². The smallest absolute Gasteiger partial charge is 0.243 e. The van der Waals surface area contributed by atoms with Crippen LogP contribution in [0.5, 0.6) is 0 Å². The van der Waals surface area contributed by atoms with Crippen molar-refractivity contribution in [2.24, 2.45) is 11.7 Å². The lowest BCUT2D eigenvalue weighted by Gasteiger charge is -2.33. The zero-order valence-corrected chi connectivity index (χ0v) is 12.7. The maximum atomic E-state index is 12.6. The van der Waals surface area contributed by atoms with Gasteiger partial charge < -0.3 is 10.8 Å². The molecule has 0 spiro atoms. The summed E-state index contributed by atoms with van der Waals surface area (Å²) in [6.45, 7) is 4.81. The van der Waals surface area contributed by atoms with Crippen LogP contribution in [0.4, 0.5) is 0 Å². The number of hydrogen-bond acceptors (Lipinski definition) is 4. The first kappa shape index (κ1) is 15.4. The molecule has 0 saturated carbocycles. The molecule has 0 amide bonds. The van der Waals surface area contributed by atoms with Crippen LogP contribution in [-0.4, -0.2) is 37.0 Å². The second kappa shape index (κ2) is 5.81. The van der Waals surface area contributed by atoms with Crippen molar-refractivity contribution in [3.8, 4) is 0 Å². The number of aryl methyl sites for hydroxylation is 1. The standard InChI is InChI=1S/C14H22N2O3S/c1-10-5-6-16(9-14(10)17)20(18,19)13-4-3-12(8-15)11(2)7-13/h3-4,7,10,14,17H,5-6,8-9,15H2,1-2H3. The Hall–Kier alpha value is -0.950. The second-order valence-electron chi connectivity index (χ2n) is 5.49. The van der Waals surface area contributed by atoms with Crippen molar-refractivity contribution in [1.82, 2.24) is 4.31 Å². The molecule has 1 aromatic carbocycles. The number of nitrogens with zero attached hydrogens (tertiary/aromatic N) is 1. The van der Waals surface area contributed by atoms with Gasteiger partial charge in [0.1, 0.15) is 0 Å². The first-order valence-electron chi connectivity index (χ1n) is 6.84. The second-order valence-corrected chi connectivity index (χ2v) is 7.43. The summed E-state index contributed by atoms with van der Waals surface area (Å²) < 4.78 is 26.5. The maximum absolute atomic E-state index is 12.6. The number of nitrogens with two attached hydrogens (primary N) is 1. The molecule has 1 aliphatic rings. The first-order chi connectivity index (χ1) is 9.36. The summed E-state index contributed by atoms with van der Waals surface area (Å²) in [4.78, 5) is 0.272. The van der Waals surface area contributed by atoms with Crippen molar-refractivity contribution < 1.29 is 13.5 Å². The van der Waals surface area contributed by atoms with Crippen LogP contribution in [0.25, 0.3) is 0 Å². The van der Waals surface area contributed by atoms with Crippen molar-refractivity contribution in [2.45, 2.75) is 37.8 Å². The summed E-state index contributed by atoms with van der Waals surface area (Å²) >= 11 is 0. The molecule has 1 aliphatic heterocycles. The van der Waals surface area contributed by atoms with E-state index < -0.39 is 16.1 Å². The minimum atomic E-state index is -3.53. The van der Waals surface area contributed by atoms with Gasteiger partial charge in [0.15, 0.2) is 0 Å². The van der Waals surface area contributed by atoms with Crippen LogP contribution in [0.1, 0.15) is 24.5 Å². The highest BCUT2D eigenvalue weighted by molar-refractivity contribution is 7.89. The van der Waals surface area contributed by atoms with Gasteiger partial charge in [0.05, 0.1) is 11.0 Å². The molecule has 0 radical (unpaired) electrons. The molecule has 2 rings (SSSR count). The molecule has 1 heterocycles. The summed E-state index contributed by atoms with van der Waals surface area (Å²) in [5.74, 6) is 0.141. The molecule has 1 fully saturated rings. The molecular formula is C14H22N2O3S. The Labute approximate surface area is 120 Å². The van der Waals surface area contributed by atoms with Gasteiger partial charge in [0.25, 0.3) is 0 Å². The average Bonchev–Trinajstić information content (AvgIpc) is 2.41. The summed E-state index contributed by atoms with van der Waals surface area (Å²) in [6, 6.07) is 5.00. The molecule has 2 atom stereocenters. The van der Waals surface area contributed by atoms with Gasteiger partial charge in [-0.2, -0.15) is 4.31 Å². The number of β-amino-alcohol motifs (C(OH)–C–C–N with tert-alkyl or cyclic N) is 1. The highest BCUT2D eigenvalue weighted by Gasteiger charge is 2.32. The lowest BCUT2D eigenvalue weighted by atomic mass is 9.98. The van der Waals surface area contributed by atoms with E-state index in [-0.39, 0.29) is 17.4 Å². The summed E-state index contributed by atoms with van der Waals surface area (Å²) in [6.07, 6.45) is 0.0863. The molecule has 0 aromatic heterocycles. The third-order valence-electron chi connectivity index (χ3n) is 4.05. The predicted octanol–water partition coefficient (Wildman–Crippen LogP) is 0.845. The Balaban J connectivity index is 2.29. The summed E-state index contributed by atoms with van der Waals surface area (Å²) in [5.41, 5.74) is 7.41. The fraction of sp³-hybridized carbons (Fsp3) is 0.571. The number of piperidine rings is 1. The highest BCUT2D eigenvalue weighted by Crippen LogP contribution is 2.25. The SMILES string of the molecule is Cc1cc(S(=O)(=O)N2CCC(C)C(O)C2)ccc1CN. The molecule has 20 heavy (non-hydrogen) atoms. The van der Waals surface area contributed by atoms with E-state index in [9.17, 15) is 13.5 Å². The fourth-order valence-electron chi connectivity index (χ4n) is 2.45. The number of aliphatic hydroxyl groups excluding tert-OH is 1. The molecule has 0 bridgehead atoms. The average molecular weight is 298 g/mol. The lowest BCUT2D eigenvalue weighted by Crippen LogP contribution is -2.45. The first-order valence-corrected chi connectivity index (χ1v) is 8.28. The zero-order valence-electron chi connectivity index (χ0n) is 11.9. The Morgan fingerprint density at radius 1 is 1.45 bits per heavy atom. The van der Waals surface area contributed by atoms with Crippen LogP contribution in [0.3, 0.4) is 0 Å². The fourth-order valence-corrected chi connectivity index (χ4v) is 4.00. The Bertz CT molecular complexity index is 586. The number of sulfonamides is 1. The van der Waals surface area contributed by atoms with Crippen molar-refractivity contribution in [1.29, 1.82) is 0 Å². The zero-order chi connectivity index (χ0) is 14.9. The van der Waals surface area contributed by atoms with Crippen molar-refractivity contribution in [3.05, 3.63) is 29.3 Å². The summed E-state index contributed by atoms with van der Waals surface area (Å²) in [5, 5.41) is 9.87. The Morgan fingerprint density at radius 2 is 2.15 bits per heavy atom. The third-order valence-corrected chi connectivity index (χ3v) is 5.91. The number of rotatable bonds is 3. The van der Waals surface area contributed by atoms with E-state index in [4.69, 9.17) is 5.73 Å². The van der Waals surface area contributed by atoms with E-state index >= 15 is 0 Å². The van der Waals surface area contributed by atoms with Gasteiger partial charge >= 0.3 is 0 Å². The normalized spacial score (nSPS) is 24.8. The molecule has 2 unspecified atom stereocenters. The summed E-state index contributed by atoms with van der Waals surface area (Å²) in [7, 11) is -3.53. The maximum Gasteiger partial charge on any atom is 0.243 e. The molecule has 1 saturated heterocycles. The molecule has 0 aliphatic carbocycles. The predicted molar refractivity (Wildman–Crippen MR) is 77.6 cm³/mol. The minimum absolute atomic E-state index is 0.141. The molecular weight excluding hydrogens is 276 g/mol. The molecule has 1 aromatic rings. The van der Waals surface area contributed by atoms with E-state index in [1.807, 2.05) is 13.8 Å². The van der Waals surface area contributed by atoms with Crippen LogP contribution in [0.2, 0.25) is 0 Å². The van der Waals surface area contributed by atoms with E-state index in [0.29, 0.717) is 19.5 Å². The monoisotopic (exact) mass is 298 g/mol. The topological polar surface area (TPSA) is 83.6 Å². The van der Waals surface area contributed by atoms with E-state index in [1.54, 1.807) is 18.2 Å². The minimum Gasteiger partial charge on any atom is -0.391 e.